The Kier molecular flexibility index (Phi) is 63.1. The number of aliphatic hydroxyl groups is 1. The van der Waals surface area contributed by atoms with Gasteiger partial charge in [-0.05, 0) is 49.4 Å². The second-order valence-corrected chi connectivity index (χ2v) is 31.6. The molecule has 0 aliphatic heterocycles. The highest BCUT2D eigenvalue weighted by Crippen LogP contribution is 2.45. The second-order valence-electron chi connectivity index (χ2n) is 28.7. The normalized spacial score (nSPS) is 14.4. The third-order valence-corrected chi connectivity index (χ3v) is 19.6. The molecule has 4 unspecified atom stereocenters. The summed E-state index contributed by atoms with van der Waals surface area (Å²) in [6.07, 6.45) is 48.6. The molecule has 19 heteroatoms. The second kappa shape index (κ2) is 64.4. The van der Waals surface area contributed by atoms with Gasteiger partial charge in [0.2, 0.25) is 0 Å². The molecular weight excluding hydrogens is 1230 g/mol. The topological polar surface area (TPSA) is 237 Å². The fourth-order valence-corrected chi connectivity index (χ4v) is 12.9. The van der Waals surface area contributed by atoms with Crippen LogP contribution in [0.4, 0.5) is 0 Å². The van der Waals surface area contributed by atoms with Crippen LogP contribution in [0, 0.1) is 23.7 Å². The van der Waals surface area contributed by atoms with Crippen LogP contribution in [0.1, 0.15) is 376 Å². The van der Waals surface area contributed by atoms with Gasteiger partial charge in [-0.25, -0.2) is 9.13 Å². The smallest absolute Gasteiger partial charge is 0.462 e. The molecule has 0 rings (SSSR count). The average molecular weight is 1380 g/mol. The van der Waals surface area contributed by atoms with Gasteiger partial charge in [0.25, 0.3) is 0 Å². The molecule has 0 aromatic heterocycles. The summed E-state index contributed by atoms with van der Waals surface area (Å²) in [5.41, 5.74) is 0. The lowest BCUT2D eigenvalue weighted by Crippen LogP contribution is -2.30. The molecule has 558 valence electrons. The Morgan fingerprint density at radius 3 is 0.755 bits per heavy atom. The average Bonchev–Trinajstić information content (AvgIpc) is 1.12. The largest absolute Gasteiger partial charge is 0.472 e. The number of unbranched alkanes of at least 4 members (excludes halogenated alkanes) is 37. The van der Waals surface area contributed by atoms with Crippen LogP contribution < -0.4 is 0 Å². The summed E-state index contributed by atoms with van der Waals surface area (Å²) in [5.74, 6) is 0.939. The maximum Gasteiger partial charge on any atom is 0.472 e. The fraction of sp³-hybridized carbons (Fsp3) is 0.947. The van der Waals surface area contributed by atoms with Crippen LogP contribution in [0.5, 0.6) is 0 Å². The lowest BCUT2D eigenvalue weighted by atomic mass is 9.99. The molecule has 0 heterocycles. The van der Waals surface area contributed by atoms with Crippen molar-refractivity contribution < 1.29 is 80.2 Å². The van der Waals surface area contributed by atoms with Crippen molar-refractivity contribution in [3.8, 4) is 0 Å². The number of rotatable bonds is 72. The van der Waals surface area contributed by atoms with E-state index in [0.29, 0.717) is 31.6 Å². The van der Waals surface area contributed by atoms with E-state index in [1.807, 2.05) is 0 Å². The van der Waals surface area contributed by atoms with E-state index in [2.05, 4.69) is 55.4 Å². The zero-order chi connectivity index (χ0) is 69.6. The molecule has 17 nitrogen and oxygen atoms in total. The predicted octanol–water partition coefficient (Wildman–Crippen LogP) is 21.7. The first-order valence-corrected chi connectivity index (χ1v) is 41.7. The number of esters is 4. The molecule has 0 radical (unpaired) electrons. The molecule has 0 bridgehead atoms. The molecule has 0 aromatic carbocycles. The van der Waals surface area contributed by atoms with Gasteiger partial charge in [0.1, 0.15) is 19.3 Å². The molecule has 0 amide bonds. The van der Waals surface area contributed by atoms with E-state index in [-0.39, 0.29) is 25.7 Å². The summed E-state index contributed by atoms with van der Waals surface area (Å²) in [6, 6.07) is 0. The van der Waals surface area contributed by atoms with Crippen LogP contribution >= 0.6 is 15.6 Å². The van der Waals surface area contributed by atoms with E-state index in [0.717, 1.165) is 114 Å². The molecule has 0 fully saturated rings. The fourth-order valence-electron chi connectivity index (χ4n) is 11.3. The van der Waals surface area contributed by atoms with Crippen LogP contribution in [-0.4, -0.2) is 96.7 Å². The highest BCUT2D eigenvalue weighted by molar-refractivity contribution is 7.47. The minimum atomic E-state index is -4.96. The molecule has 0 aromatic rings. The van der Waals surface area contributed by atoms with Crippen LogP contribution in [0.25, 0.3) is 0 Å². The van der Waals surface area contributed by atoms with E-state index in [4.69, 9.17) is 37.0 Å². The first-order chi connectivity index (χ1) is 45.1. The lowest BCUT2D eigenvalue weighted by molar-refractivity contribution is -0.161. The minimum Gasteiger partial charge on any atom is -0.462 e. The van der Waals surface area contributed by atoms with Crippen LogP contribution in [-0.2, 0) is 65.4 Å². The van der Waals surface area contributed by atoms with E-state index < -0.39 is 97.5 Å². The van der Waals surface area contributed by atoms with Crippen molar-refractivity contribution in [1.29, 1.82) is 0 Å². The maximum absolute atomic E-state index is 13.1. The highest BCUT2D eigenvalue weighted by atomic mass is 31.2. The van der Waals surface area contributed by atoms with E-state index in [1.54, 1.807) is 0 Å². The van der Waals surface area contributed by atoms with Crippen molar-refractivity contribution in [2.75, 3.05) is 39.6 Å². The summed E-state index contributed by atoms with van der Waals surface area (Å²) >= 11 is 0. The molecule has 94 heavy (non-hydrogen) atoms. The predicted molar refractivity (Wildman–Crippen MR) is 381 cm³/mol. The Bertz CT molecular complexity index is 1850. The highest BCUT2D eigenvalue weighted by Gasteiger charge is 2.30. The van der Waals surface area contributed by atoms with Crippen molar-refractivity contribution in [2.24, 2.45) is 23.7 Å². The number of hydrogen-bond donors (Lipinski definition) is 3. The van der Waals surface area contributed by atoms with Crippen LogP contribution in [0.2, 0.25) is 0 Å². The van der Waals surface area contributed by atoms with Crippen LogP contribution in [0.15, 0.2) is 0 Å². The standard InChI is InChI=1S/C75H146O17P2/c1-9-68(8)54-46-38-30-22-14-12-10-11-13-15-24-32-41-49-57-74(79)91-70(61-85-72(77)55-47-39-31-23-18-16-20-27-35-43-51-65(2)3)63-89-93(81,82)87-59-69(76)60-88-94(83,84)90-64-71(62-86-73(78)56-48-40-34-26-29-37-45-53-67(6)7)92-75(80)58-50-42-33-25-19-17-21-28-36-44-52-66(4)5/h65-71,76H,9-64H2,1-8H3,(H,81,82)(H,83,84)/t68?,69?,70-,71-/m1/s1. The molecular formula is C75H146O17P2. The number of phosphoric acid groups is 2. The van der Waals surface area contributed by atoms with Crippen molar-refractivity contribution in [3.05, 3.63) is 0 Å². The number of carbonyl (C=O) groups excluding carboxylic acids is 4. The lowest BCUT2D eigenvalue weighted by Gasteiger charge is -2.21. The third kappa shape index (κ3) is 67.3. The van der Waals surface area contributed by atoms with E-state index in [1.165, 1.54) is 173 Å². The van der Waals surface area contributed by atoms with E-state index >= 15 is 0 Å². The Labute approximate surface area is 575 Å². The van der Waals surface area contributed by atoms with Gasteiger partial charge >= 0.3 is 39.5 Å². The van der Waals surface area contributed by atoms with Gasteiger partial charge in [0, 0.05) is 25.7 Å². The maximum atomic E-state index is 13.1. The Morgan fingerprint density at radius 2 is 0.511 bits per heavy atom. The van der Waals surface area contributed by atoms with Gasteiger partial charge in [0.15, 0.2) is 12.2 Å². The molecule has 0 aliphatic carbocycles. The third-order valence-electron chi connectivity index (χ3n) is 17.7. The Balaban J connectivity index is 5.25. The molecule has 6 atom stereocenters. The summed E-state index contributed by atoms with van der Waals surface area (Å²) in [6.45, 7) is 14.2. The Morgan fingerprint density at radius 1 is 0.298 bits per heavy atom. The molecule has 0 spiro atoms. The number of hydrogen-bond acceptors (Lipinski definition) is 15. The van der Waals surface area contributed by atoms with Crippen molar-refractivity contribution in [3.63, 3.8) is 0 Å². The molecule has 0 saturated carbocycles. The van der Waals surface area contributed by atoms with Crippen molar-refractivity contribution in [1.82, 2.24) is 0 Å². The number of aliphatic hydroxyl groups excluding tert-OH is 1. The minimum absolute atomic E-state index is 0.105. The number of carbonyl (C=O) groups is 4. The Hall–Kier alpha value is -1.94. The van der Waals surface area contributed by atoms with Gasteiger partial charge in [0.05, 0.1) is 26.4 Å². The first-order valence-electron chi connectivity index (χ1n) is 38.7. The zero-order valence-electron chi connectivity index (χ0n) is 61.6. The summed E-state index contributed by atoms with van der Waals surface area (Å²) < 4.78 is 68.5. The molecule has 0 aliphatic rings. The zero-order valence-corrected chi connectivity index (χ0v) is 63.4. The number of phosphoric ester groups is 2. The monoisotopic (exact) mass is 1380 g/mol. The van der Waals surface area contributed by atoms with Gasteiger partial charge in [-0.2, -0.15) is 0 Å². The van der Waals surface area contributed by atoms with Crippen molar-refractivity contribution >= 4 is 39.5 Å². The summed E-state index contributed by atoms with van der Waals surface area (Å²) in [5, 5.41) is 10.6. The molecule has 3 N–H and O–H groups in total. The quantitative estimate of drug-likeness (QED) is 0.0222. The van der Waals surface area contributed by atoms with Gasteiger partial charge < -0.3 is 33.8 Å². The first kappa shape index (κ1) is 92.1. The van der Waals surface area contributed by atoms with E-state index in [9.17, 15) is 43.2 Å². The number of ether oxygens (including phenoxy) is 4. The van der Waals surface area contributed by atoms with Gasteiger partial charge in [-0.15, -0.1) is 0 Å². The summed E-state index contributed by atoms with van der Waals surface area (Å²) in [7, 11) is -9.91. The summed E-state index contributed by atoms with van der Waals surface area (Å²) in [4.78, 5) is 72.8. The van der Waals surface area contributed by atoms with Gasteiger partial charge in [-0.3, -0.25) is 37.3 Å². The SMILES string of the molecule is CCC(C)CCCCCCCCCCCCCCCCC(=O)O[C@H](COC(=O)CCCCCCCCCCCCC(C)C)COP(=O)(O)OCC(O)COP(=O)(O)OC[C@@H](COC(=O)CCCCCCCCCC(C)C)OC(=O)CCCCCCCCCCCCC(C)C. The van der Waals surface area contributed by atoms with Crippen LogP contribution in [0.3, 0.4) is 0 Å². The molecule has 0 saturated heterocycles. The van der Waals surface area contributed by atoms with Crippen molar-refractivity contribution in [2.45, 2.75) is 395 Å². The van der Waals surface area contributed by atoms with Gasteiger partial charge in [-0.1, -0.05) is 325 Å².